The molecule has 1 saturated heterocycles. The molecule has 0 bridgehead atoms. The second-order valence-electron chi connectivity index (χ2n) is 6.23. The van der Waals surface area contributed by atoms with Crippen LogP contribution >= 0.6 is 0 Å². The van der Waals surface area contributed by atoms with Crippen molar-refractivity contribution in [3.8, 4) is 0 Å². The Morgan fingerprint density at radius 3 is 2.55 bits per heavy atom. The smallest absolute Gasteiger partial charge is 0.410 e. The number of carbonyl (C=O) groups is 1. The van der Waals surface area contributed by atoms with Gasteiger partial charge < -0.3 is 20.0 Å². The minimum absolute atomic E-state index is 0.245. The molecular weight excluding hydrogens is 282 g/mol. The van der Waals surface area contributed by atoms with Gasteiger partial charge in [-0.25, -0.2) is 15.2 Å². The molecule has 1 fully saturated rings. The molecule has 1 aromatic heterocycles. The number of anilines is 2. The summed E-state index contributed by atoms with van der Waals surface area (Å²) >= 11 is 0. The van der Waals surface area contributed by atoms with E-state index in [0.29, 0.717) is 13.1 Å². The van der Waals surface area contributed by atoms with Gasteiger partial charge in [-0.1, -0.05) is 0 Å². The summed E-state index contributed by atoms with van der Waals surface area (Å²) < 4.78 is 5.40. The fraction of sp³-hybridized carbons (Fsp3) is 0.600. The summed E-state index contributed by atoms with van der Waals surface area (Å²) in [6.45, 7) is 8.41. The van der Waals surface area contributed by atoms with Crippen LogP contribution in [0.5, 0.6) is 0 Å². The average molecular weight is 307 g/mol. The predicted molar refractivity (Wildman–Crippen MR) is 86.9 cm³/mol. The first-order chi connectivity index (χ1) is 10.4. The maximum Gasteiger partial charge on any atom is 0.410 e. The highest BCUT2D eigenvalue weighted by atomic mass is 16.6. The van der Waals surface area contributed by atoms with Crippen LogP contribution in [0.2, 0.25) is 0 Å². The highest BCUT2D eigenvalue weighted by molar-refractivity contribution is 5.68. The summed E-state index contributed by atoms with van der Waals surface area (Å²) in [6.07, 6.45) is 1.53. The molecule has 122 valence electrons. The van der Waals surface area contributed by atoms with Crippen molar-refractivity contribution >= 4 is 17.6 Å². The Bertz CT molecular complexity index is 507. The molecule has 0 aromatic carbocycles. The number of pyridine rings is 1. The number of amides is 1. The summed E-state index contributed by atoms with van der Waals surface area (Å²) in [5.41, 5.74) is 6.44. The summed E-state index contributed by atoms with van der Waals surface area (Å²) in [5.74, 6) is 0.907. The Labute approximate surface area is 131 Å². The number of hydrazine groups is 1. The number of hydrogen-bond acceptors (Lipinski definition) is 6. The van der Waals surface area contributed by atoms with Crippen LogP contribution in [0, 0.1) is 0 Å². The normalized spacial score (nSPS) is 15.6. The van der Waals surface area contributed by atoms with Crippen LogP contribution in [-0.4, -0.2) is 54.8 Å². The summed E-state index contributed by atoms with van der Waals surface area (Å²) in [4.78, 5) is 20.4. The van der Waals surface area contributed by atoms with Crippen molar-refractivity contribution in [3.63, 3.8) is 0 Å². The molecule has 1 aliphatic rings. The van der Waals surface area contributed by atoms with E-state index in [9.17, 15) is 4.79 Å². The van der Waals surface area contributed by atoms with Gasteiger partial charge in [0.05, 0.1) is 5.69 Å². The van der Waals surface area contributed by atoms with E-state index in [1.807, 2.05) is 40.0 Å². The molecule has 1 aliphatic heterocycles. The maximum atomic E-state index is 12.0. The Balaban J connectivity index is 1.92. The topological polar surface area (TPSA) is 69.7 Å². The number of ether oxygens (including phenoxy) is 1. The lowest BCUT2D eigenvalue weighted by molar-refractivity contribution is 0.0240. The number of carbonyl (C=O) groups excluding carboxylic acids is 1. The van der Waals surface area contributed by atoms with Gasteiger partial charge in [0.2, 0.25) is 0 Å². The minimum Gasteiger partial charge on any atom is -0.444 e. The number of hydrogen-bond donors (Lipinski definition) is 2. The molecule has 22 heavy (non-hydrogen) atoms. The molecule has 0 atom stereocenters. The summed E-state index contributed by atoms with van der Waals surface area (Å²) in [7, 11) is 1.82. The zero-order valence-electron chi connectivity index (χ0n) is 13.7. The van der Waals surface area contributed by atoms with E-state index in [-0.39, 0.29) is 6.09 Å². The molecule has 0 aliphatic carbocycles. The van der Waals surface area contributed by atoms with Crippen molar-refractivity contribution in [2.24, 2.45) is 0 Å². The number of nitrogens with one attached hydrogen (secondary N) is 2. The van der Waals surface area contributed by atoms with Crippen LogP contribution in [0.3, 0.4) is 0 Å². The molecule has 0 spiro atoms. The molecule has 2 rings (SSSR count). The van der Waals surface area contributed by atoms with Crippen LogP contribution in [0.4, 0.5) is 16.3 Å². The fourth-order valence-corrected chi connectivity index (χ4v) is 2.26. The third-order valence-electron chi connectivity index (χ3n) is 3.27. The van der Waals surface area contributed by atoms with Crippen molar-refractivity contribution < 1.29 is 9.53 Å². The van der Waals surface area contributed by atoms with Gasteiger partial charge in [0.15, 0.2) is 0 Å². The van der Waals surface area contributed by atoms with Gasteiger partial charge >= 0.3 is 6.09 Å². The first kappa shape index (κ1) is 16.4. The number of piperazine rings is 1. The summed E-state index contributed by atoms with van der Waals surface area (Å²) in [6, 6.07) is 3.89. The van der Waals surface area contributed by atoms with Crippen molar-refractivity contribution in [1.82, 2.24) is 15.3 Å². The standard InChI is InChI=1S/C15H25N5O2/c1-15(2,3)22-14(21)20-9-7-19(8-10-20)13-11-12(18-16-4)5-6-17-13/h5-6,11,16H,7-10H2,1-4H3,(H,17,18). The Morgan fingerprint density at radius 1 is 1.27 bits per heavy atom. The van der Waals surface area contributed by atoms with Crippen LogP contribution < -0.4 is 15.8 Å². The quantitative estimate of drug-likeness (QED) is 0.828. The Kier molecular flexibility index (Phi) is 5.07. The fourth-order valence-electron chi connectivity index (χ4n) is 2.26. The van der Waals surface area contributed by atoms with Crippen LogP contribution in [0.1, 0.15) is 20.8 Å². The second-order valence-corrected chi connectivity index (χ2v) is 6.23. The molecule has 0 saturated carbocycles. The first-order valence-electron chi connectivity index (χ1n) is 7.51. The van der Waals surface area contributed by atoms with Gasteiger partial charge in [-0.2, -0.15) is 0 Å². The van der Waals surface area contributed by atoms with E-state index in [4.69, 9.17) is 4.74 Å². The van der Waals surface area contributed by atoms with E-state index in [2.05, 4.69) is 20.7 Å². The largest absolute Gasteiger partial charge is 0.444 e. The number of nitrogens with zero attached hydrogens (tertiary/aromatic N) is 3. The molecule has 1 amide bonds. The lowest BCUT2D eigenvalue weighted by Gasteiger charge is -2.36. The molecule has 7 heteroatoms. The van der Waals surface area contributed by atoms with Gasteiger partial charge in [-0.05, 0) is 26.8 Å². The van der Waals surface area contributed by atoms with Gasteiger partial charge in [-0.3, -0.25) is 0 Å². The van der Waals surface area contributed by atoms with Gasteiger partial charge in [0.1, 0.15) is 11.4 Å². The van der Waals surface area contributed by atoms with Crippen molar-refractivity contribution in [3.05, 3.63) is 18.3 Å². The van der Waals surface area contributed by atoms with Crippen LogP contribution in [0.15, 0.2) is 18.3 Å². The molecule has 1 aromatic rings. The number of aromatic nitrogens is 1. The predicted octanol–water partition coefficient (Wildman–Crippen LogP) is 1.68. The van der Waals surface area contributed by atoms with E-state index in [1.165, 1.54) is 0 Å². The lowest BCUT2D eigenvalue weighted by Crippen LogP contribution is -2.50. The molecule has 0 radical (unpaired) electrons. The summed E-state index contributed by atoms with van der Waals surface area (Å²) in [5, 5.41) is 0. The third kappa shape index (κ3) is 4.49. The highest BCUT2D eigenvalue weighted by Gasteiger charge is 2.26. The minimum atomic E-state index is -0.455. The Morgan fingerprint density at radius 2 is 1.95 bits per heavy atom. The highest BCUT2D eigenvalue weighted by Crippen LogP contribution is 2.18. The monoisotopic (exact) mass is 307 g/mol. The van der Waals surface area contributed by atoms with E-state index >= 15 is 0 Å². The zero-order valence-corrected chi connectivity index (χ0v) is 13.7. The Hall–Kier alpha value is -2.02. The molecular formula is C15H25N5O2. The molecule has 0 unspecified atom stereocenters. The third-order valence-corrected chi connectivity index (χ3v) is 3.27. The van der Waals surface area contributed by atoms with Crippen LogP contribution in [-0.2, 0) is 4.74 Å². The first-order valence-corrected chi connectivity index (χ1v) is 7.51. The van der Waals surface area contributed by atoms with Crippen molar-refractivity contribution in [2.75, 3.05) is 43.6 Å². The molecule has 2 heterocycles. The van der Waals surface area contributed by atoms with Gasteiger partial charge in [-0.15, -0.1) is 0 Å². The molecule has 2 N–H and O–H groups in total. The lowest BCUT2D eigenvalue weighted by atomic mass is 10.2. The van der Waals surface area contributed by atoms with Crippen molar-refractivity contribution in [1.29, 1.82) is 0 Å². The van der Waals surface area contributed by atoms with Crippen molar-refractivity contribution in [2.45, 2.75) is 26.4 Å². The van der Waals surface area contributed by atoms with E-state index in [0.717, 1.165) is 24.6 Å². The zero-order chi connectivity index (χ0) is 16.2. The number of rotatable bonds is 3. The van der Waals surface area contributed by atoms with E-state index < -0.39 is 5.60 Å². The average Bonchev–Trinajstić information content (AvgIpc) is 2.46. The van der Waals surface area contributed by atoms with Gasteiger partial charge in [0.25, 0.3) is 0 Å². The SMILES string of the molecule is CNNc1ccnc(N2CCN(C(=O)OC(C)(C)C)CC2)c1. The van der Waals surface area contributed by atoms with Crippen LogP contribution in [0.25, 0.3) is 0 Å². The van der Waals surface area contributed by atoms with E-state index in [1.54, 1.807) is 11.1 Å². The van der Waals surface area contributed by atoms with Gasteiger partial charge in [0, 0.05) is 45.5 Å². The maximum absolute atomic E-state index is 12.0. The second kappa shape index (κ2) is 6.83. The molecule has 7 nitrogen and oxygen atoms in total.